The van der Waals surface area contributed by atoms with Gasteiger partial charge in [-0.1, -0.05) is 25.1 Å². The highest BCUT2D eigenvalue weighted by molar-refractivity contribution is 6.02. The molecule has 2 N–H and O–H groups in total. The van der Waals surface area contributed by atoms with Crippen LogP contribution in [0, 0.1) is 5.92 Å². The average Bonchev–Trinajstić information content (AvgIpc) is 2.49. The molecule has 21 heavy (non-hydrogen) atoms. The van der Waals surface area contributed by atoms with Crippen LogP contribution in [-0.2, 0) is 0 Å². The zero-order valence-corrected chi connectivity index (χ0v) is 11.7. The number of carboxylic acid groups (broad SMARTS) is 1. The molecular formula is C15H17N3O3. The molecule has 1 fully saturated rings. The number of aromatic nitrogens is 2. The first-order valence-corrected chi connectivity index (χ1v) is 6.99. The summed E-state index contributed by atoms with van der Waals surface area (Å²) in [6, 6.07) is 7.34. The van der Waals surface area contributed by atoms with Gasteiger partial charge in [-0.2, -0.15) is 0 Å². The summed E-state index contributed by atoms with van der Waals surface area (Å²) in [5, 5.41) is 28.0. The minimum Gasteiger partial charge on any atom is -0.476 e. The Kier molecular flexibility index (Phi) is 3.47. The van der Waals surface area contributed by atoms with E-state index in [1.54, 1.807) is 6.07 Å². The van der Waals surface area contributed by atoms with E-state index in [0.717, 1.165) is 11.8 Å². The van der Waals surface area contributed by atoms with Crippen LogP contribution >= 0.6 is 0 Å². The molecule has 0 radical (unpaired) electrons. The van der Waals surface area contributed by atoms with Crippen LogP contribution in [-0.4, -0.2) is 45.6 Å². The summed E-state index contributed by atoms with van der Waals surface area (Å²) in [5.41, 5.74) is 1.15. The molecule has 6 nitrogen and oxygen atoms in total. The van der Waals surface area contributed by atoms with Crippen molar-refractivity contribution < 1.29 is 15.0 Å². The molecule has 0 bridgehead atoms. The fourth-order valence-corrected chi connectivity index (χ4v) is 2.76. The number of hydrogen-bond acceptors (Lipinski definition) is 5. The lowest BCUT2D eigenvalue weighted by Crippen LogP contribution is -2.43. The average molecular weight is 287 g/mol. The Morgan fingerprint density at radius 1 is 1.33 bits per heavy atom. The van der Waals surface area contributed by atoms with Crippen molar-refractivity contribution in [3.8, 4) is 0 Å². The van der Waals surface area contributed by atoms with E-state index >= 15 is 0 Å². The second kappa shape index (κ2) is 5.29. The summed E-state index contributed by atoms with van der Waals surface area (Å²) in [6.45, 7) is 3.12. The van der Waals surface area contributed by atoms with Gasteiger partial charge in [-0.25, -0.2) is 4.79 Å². The van der Waals surface area contributed by atoms with E-state index in [2.05, 4.69) is 10.2 Å². The van der Waals surface area contributed by atoms with Crippen molar-refractivity contribution in [2.45, 2.75) is 19.4 Å². The molecule has 1 aromatic carbocycles. The number of benzene rings is 1. The first-order valence-electron chi connectivity index (χ1n) is 6.99. The number of anilines is 1. The minimum atomic E-state index is -1.10. The van der Waals surface area contributed by atoms with Crippen LogP contribution in [0.4, 0.5) is 5.69 Å². The van der Waals surface area contributed by atoms with Crippen molar-refractivity contribution in [2.24, 2.45) is 5.92 Å². The normalized spacial score (nSPS) is 22.5. The minimum absolute atomic E-state index is 0.0598. The van der Waals surface area contributed by atoms with Crippen LogP contribution in [0.3, 0.4) is 0 Å². The number of fused-ring (bicyclic) bond motifs is 1. The molecule has 2 heterocycles. The second-order valence-corrected chi connectivity index (χ2v) is 5.50. The zero-order chi connectivity index (χ0) is 15.0. The highest BCUT2D eigenvalue weighted by atomic mass is 16.4. The molecule has 0 spiro atoms. The molecule has 1 aliphatic rings. The SMILES string of the molecule is CC1CCN(c2c(C(=O)O)nnc3ccccc23)CC1O. The largest absolute Gasteiger partial charge is 0.476 e. The predicted molar refractivity (Wildman–Crippen MR) is 78.5 cm³/mol. The van der Waals surface area contributed by atoms with Crippen LogP contribution in [0.5, 0.6) is 0 Å². The molecule has 1 aromatic heterocycles. The van der Waals surface area contributed by atoms with Crippen LogP contribution in [0.15, 0.2) is 24.3 Å². The molecule has 0 aliphatic carbocycles. The Bertz CT molecular complexity index is 689. The molecule has 1 saturated heterocycles. The highest BCUT2D eigenvalue weighted by Gasteiger charge is 2.29. The molecular weight excluding hydrogens is 270 g/mol. The van der Waals surface area contributed by atoms with Crippen LogP contribution in [0.25, 0.3) is 10.9 Å². The zero-order valence-electron chi connectivity index (χ0n) is 11.7. The van der Waals surface area contributed by atoms with E-state index in [9.17, 15) is 15.0 Å². The number of hydrogen-bond donors (Lipinski definition) is 2. The van der Waals surface area contributed by atoms with Gasteiger partial charge < -0.3 is 15.1 Å². The molecule has 110 valence electrons. The molecule has 2 atom stereocenters. The van der Waals surface area contributed by atoms with E-state index in [4.69, 9.17) is 0 Å². The third-order valence-corrected chi connectivity index (χ3v) is 4.08. The number of rotatable bonds is 2. The Balaban J connectivity index is 2.14. The first kappa shape index (κ1) is 13.8. The number of aliphatic hydroxyl groups is 1. The molecule has 2 aromatic rings. The third-order valence-electron chi connectivity index (χ3n) is 4.08. The van der Waals surface area contributed by atoms with Gasteiger partial charge in [-0.3, -0.25) is 0 Å². The number of piperidine rings is 1. The van der Waals surface area contributed by atoms with Gasteiger partial charge in [0.15, 0.2) is 5.69 Å². The summed E-state index contributed by atoms with van der Waals surface area (Å²) >= 11 is 0. The fourth-order valence-electron chi connectivity index (χ4n) is 2.76. The highest BCUT2D eigenvalue weighted by Crippen LogP contribution is 2.31. The maximum atomic E-state index is 11.5. The summed E-state index contributed by atoms with van der Waals surface area (Å²) < 4.78 is 0. The van der Waals surface area contributed by atoms with Gasteiger partial charge in [-0.05, 0) is 18.4 Å². The van der Waals surface area contributed by atoms with Gasteiger partial charge in [0.1, 0.15) is 0 Å². The van der Waals surface area contributed by atoms with Crippen LogP contribution in [0.1, 0.15) is 23.8 Å². The molecule has 2 unspecified atom stereocenters. The Morgan fingerprint density at radius 3 is 2.81 bits per heavy atom. The van der Waals surface area contributed by atoms with E-state index < -0.39 is 12.1 Å². The molecule has 0 amide bonds. The van der Waals surface area contributed by atoms with Crippen molar-refractivity contribution in [1.82, 2.24) is 10.2 Å². The summed E-state index contributed by atoms with van der Waals surface area (Å²) in [5.74, 6) is -0.882. The Hall–Kier alpha value is -2.21. The lowest BCUT2D eigenvalue weighted by Gasteiger charge is -2.36. The van der Waals surface area contributed by atoms with Crippen molar-refractivity contribution in [3.05, 3.63) is 30.0 Å². The topological polar surface area (TPSA) is 86.6 Å². The first-order chi connectivity index (χ1) is 10.1. The van der Waals surface area contributed by atoms with E-state index in [1.165, 1.54) is 0 Å². The Morgan fingerprint density at radius 2 is 2.10 bits per heavy atom. The third kappa shape index (κ3) is 2.42. The standard InChI is InChI=1S/C15H17N3O3/c1-9-6-7-18(8-12(9)19)14-10-4-2-3-5-11(10)16-17-13(14)15(20)21/h2-5,9,12,19H,6-8H2,1H3,(H,20,21). The number of β-amino-alcohol motifs (C(OH)–C–C–N with tert-alkyl or cyclic N) is 1. The maximum Gasteiger partial charge on any atom is 0.358 e. The van der Waals surface area contributed by atoms with Crippen molar-refractivity contribution in [1.29, 1.82) is 0 Å². The number of carbonyl (C=O) groups is 1. The van der Waals surface area contributed by atoms with Crippen LogP contribution in [0.2, 0.25) is 0 Å². The summed E-state index contributed by atoms with van der Waals surface area (Å²) in [7, 11) is 0. The van der Waals surface area contributed by atoms with Crippen molar-refractivity contribution in [2.75, 3.05) is 18.0 Å². The molecule has 6 heteroatoms. The number of aromatic carboxylic acids is 1. The maximum absolute atomic E-state index is 11.5. The molecule has 3 rings (SSSR count). The number of aliphatic hydroxyl groups excluding tert-OH is 1. The van der Waals surface area contributed by atoms with Gasteiger partial charge in [-0.15, -0.1) is 10.2 Å². The lowest BCUT2D eigenvalue weighted by atomic mass is 9.95. The number of nitrogens with zero attached hydrogens (tertiary/aromatic N) is 3. The summed E-state index contributed by atoms with van der Waals surface area (Å²) in [4.78, 5) is 13.4. The molecule has 1 aliphatic heterocycles. The van der Waals surface area contributed by atoms with E-state index in [1.807, 2.05) is 30.0 Å². The van der Waals surface area contributed by atoms with Crippen molar-refractivity contribution >= 4 is 22.6 Å². The lowest BCUT2D eigenvalue weighted by molar-refractivity contribution is 0.0688. The second-order valence-electron chi connectivity index (χ2n) is 5.50. The van der Waals surface area contributed by atoms with E-state index in [0.29, 0.717) is 24.3 Å². The monoisotopic (exact) mass is 287 g/mol. The van der Waals surface area contributed by atoms with Crippen LogP contribution < -0.4 is 4.90 Å². The molecule has 0 saturated carbocycles. The van der Waals surface area contributed by atoms with Gasteiger partial charge in [0.25, 0.3) is 0 Å². The van der Waals surface area contributed by atoms with Gasteiger partial charge >= 0.3 is 5.97 Å². The summed E-state index contributed by atoms with van der Waals surface area (Å²) in [6.07, 6.45) is 0.351. The predicted octanol–water partition coefficient (Wildman–Crippen LogP) is 1.54. The fraction of sp³-hybridized carbons (Fsp3) is 0.400. The Labute approximate surface area is 122 Å². The number of carboxylic acids is 1. The van der Waals surface area contributed by atoms with Gasteiger partial charge in [0, 0.05) is 18.5 Å². The van der Waals surface area contributed by atoms with Gasteiger partial charge in [0.2, 0.25) is 0 Å². The smallest absolute Gasteiger partial charge is 0.358 e. The van der Waals surface area contributed by atoms with Crippen molar-refractivity contribution in [3.63, 3.8) is 0 Å². The van der Waals surface area contributed by atoms with Gasteiger partial charge in [0.05, 0.1) is 17.3 Å². The quantitative estimate of drug-likeness (QED) is 0.871. The van der Waals surface area contributed by atoms with E-state index in [-0.39, 0.29) is 11.6 Å².